The van der Waals surface area contributed by atoms with Crippen LogP contribution in [0.4, 0.5) is 11.4 Å². The maximum absolute atomic E-state index is 14.9. The molecule has 4 bridgehead atoms. The summed E-state index contributed by atoms with van der Waals surface area (Å²) in [7, 11) is 12.6. The molecule has 3 unspecified atom stereocenters. The molecule has 17 atom stereocenters. The van der Waals surface area contributed by atoms with Crippen LogP contribution in [0.25, 0.3) is 22.3 Å². The predicted octanol–water partition coefficient (Wildman–Crippen LogP) is 11.5. The van der Waals surface area contributed by atoms with E-state index in [1.807, 2.05) is 123 Å². The molecule has 7 aromatic rings. The molecule has 3 saturated heterocycles. The third-order valence-corrected chi connectivity index (χ3v) is 27.3. The number of aliphatic hydroxyl groups is 3. The zero-order valence-electron chi connectivity index (χ0n) is 70.3. The Morgan fingerprint density at radius 2 is 1.02 bits per heavy atom. The van der Waals surface area contributed by atoms with Crippen LogP contribution in [0.1, 0.15) is 134 Å². The van der Waals surface area contributed by atoms with Gasteiger partial charge in [-0.05, 0) is 163 Å². The molecule has 9 fully saturated rings. The Labute approximate surface area is 685 Å². The van der Waals surface area contributed by atoms with Gasteiger partial charge in [-0.3, -0.25) is 38.5 Å². The lowest BCUT2D eigenvalue weighted by molar-refractivity contribution is -0.183. The van der Waals surface area contributed by atoms with E-state index in [-0.39, 0.29) is 84.7 Å². The Morgan fingerprint density at radius 1 is 0.552 bits per heavy atom. The van der Waals surface area contributed by atoms with Crippen molar-refractivity contribution in [1.29, 1.82) is 0 Å². The van der Waals surface area contributed by atoms with Gasteiger partial charge in [0.1, 0.15) is 35.8 Å². The second-order valence-corrected chi connectivity index (χ2v) is 35.3. The van der Waals surface area contributed by atoms with Crippen LogP contribution in [0.5, 0.6) is 11.5 Å². The SMILES string of the molecule is CNC(=O)c1cc(-c2cccc(CN3O[C@@H](CNC(=O)c4ccccc4)[C@@H]([C@H](C)O)C3C(=O)N[C@H]3C[C@H]4C[C@@H]([C@@H]3C)C4(C)C)c2OC)cc(N(C)C)c1.COc1c(CN2O[C@@H](CO)C(C(C)O)[C@H]2C(=O)N[C@H]2C[C@H]3C[C@@H]([C@@H]2C)C3(C)C)cccc1-c1cc(C(=O)N2CCN(Cc3ccccc3)C[C@@H]2Cc2ccccc2)cc(N(C)C)c1. The zero-order chi connectivity index (χ0) is 82.8. The predicted molar refractivity (Wildman–Crippen MR) is 452 cm³/mol. The van der Waals surface area contributed by atoms with E-state index in [1.54, 1.807) is 69.5 Å². The lowest BCUT2D eigenvalue weighted by Gasteiger charge is -2.62. The van der Waals surface area contributed by atoms with E-state index in [1.165, 1.54) is 24.0 Å². The number of benzene rings is 7. The van der Waals surface area contributed by atoms with Gasteiger partial charge in [-0.1, -0.05) is 157 Å². The van der Waals surface area contributed by atoms with Gasteiger partial charge in [0, 0.05) is 148 Å². The van der Waals surface area contributed by atoms with Gasteiger partial charge in [0.15, 0.2) is 0 Å². The number of ether oxygens (including phenoxy) is 2. The number of piperazine rings is 1. The number of rotatable bonds is 26. The second kappa shape index (κ2) is 35.9. The number of hydrogen-bond donors (Lipinski definition) is 7. The quantitative estimate of drug-likeness (QED) is 0.0266. The fraction of sp³-hybridized carbons (Fsp3) is 0.500. The van der Waals surface area contributed by atoms with Crippen molar-refractivity contribution < 1.29 is 58.4 Å². The summed E-state index contributed by atoms with van der Waals surface area (Å²) < 4.78 is 12.3. The molecule has 6 saturated carbocycles. The highest BCUT2D eigenvalue weighted by molar-refractivity contribution is 5.99. The first kappa shape index (κ1) is 84.7. The number of nitrogens with zero attached hydrogens (tertiary/aromatic N) is 6. The van der Waals surface area contributed by atoms with E-state index in [4.69, 9.17) is 19.1 Å². The highest BCUT2D eigenvalue weighted by Gasteiger charge is 2.60. The second-order valence-electron chi connectivity index (χ2n) is 35.3. The lowest BCUT2D eigenvalue weighted by atomic mass is 9.45. The molecule has 3 aliphatic heterocycles. The number of fused-ring (bicyclic) bond motifs is 4. The molecule has 22 nitrogen and oxygen atoms in total. The molecule has 3 heterocycles. The smallest absolute Gasteiger partial charge is 0.254 e. The van der Waals surface area contributed by atoms with Crippen LogP contribution in [-0.2, 0) is 45.3 Å². The third-order valence-electron chi connectivity index (χ3n) is 27.3. The molecule has 0 aromatic heterocycles. The van der Waals surface area contributed by atoms with Crippen molar-refractivity contribution in [3.63, 3.8) is 0 Å². The van der Waals surface area contributed by atoms with E-state index in [0.717, 1.165) is 83.7 Å². The number of amides is 5. The lowest BCUT2D eigenvalue weighted by Crippen LogP contribution is -2.62. The van der Waals surface area contributed by atoms with Crippen molar-refractivity contribution in [3.05, 3.63) is 203 Å². The number of aliphatic hydroxyl groups excluding tert-OH is 3. The van der Waals surface area contributed by atoms with E-state index < -0.39 is 48.3 Å². The maximum Gasteiger partial charge on any atom is 0.254 e. The number of hydroxylamine groups is 4. The van der Waals surface area contributed by atoms with Crippen LogP contribution in [0, 0.1) is 58.2 Å². The number of para-hydroxylation sites is 2. The largest absolute Gasteiger partial charge is 0.496 e. The molecule has 22 heteroatoms. The Balaban J connectivity index is 0.000000205. The number of carbonyl (C=O) groups is 5. The number of anilines is 2. The van der Waals surface area contributed by atoms with Crippen molar-refractivity contribution >= 4 is 40.9 Å². The van der Waals surface area contributed by atoms with Crippen LogP contribution in [0.2, 0.25) is 0 Å². The molecule has 9 aliphatic rings. The van der Waals surface area contributed by atoms with Gasteiger partial charge in [-0.15, -0.1) is 0 Å². The Hall–Kier alpha value is -9.23. The molecule has 16 rings (SSSR count). The minimum Gasteiger partial charge on any atom is -0.496 e. The summed E-state index contributed by atoms with van der Waals surface area (Å²) in [6.45, 7) is 20.2. The molecule has 6 aliphatic carbocycles. The molecule has 0 spiro atoms. The normalized spacial score (nSPS) is 27.0. The Kier molecular flexibility index (Phi) is 26.2. The van der Waals surface area contributed by atoms with Crippen LogP contribution >= 0.6 is 0 Å². The van der Waals surface area contributed by atoms with Gasteiger partial charge in [-0.2, -0.15) is 10.1 Å². The summed E-state index contributed by atoms with van der Waals surface area (Å²) in [6, 6.07) is 51.6. The molecular formula is C94H122N10O12. The number of methoxy groups -OCH3 is 2. The standard InChI is InChI=1S/C52H67N5O6.C42H55N5O6/c1-33-44-27-40(52(44,3)4)28-45(33)53-50(60)48-47(34(2)59)46(32-58)63-57(48)30-37-19-14-20-43(49(37)62-7)38-24-39(26-41(25-38)54(5)6)51(61)56-22-21-55(29-36-17-12-9-13-18-36)31-42(56)23-35-15-10-8-11-16-35;1-24-33-20-30(42(33,3)4)21-34(24)45-41(51)37-36(25(2)48)35(22-44-40(50)26-13-10-9-11-14-26)53-47(37)23-27-15-12-16-32(38(27)52-8)28-17-29(39(49)43-5)19-31(18-28)46(6)7/h8-20,24-26,33-34,40,42,44-48,58-59H,21-23,27-32H2,1-7H3,(H,53,60);9-19,24-25,30,33-37,48H,20-23H2,1-8H3,(H,43,49)(H,44,50)(H,45,51)/t33-,34?,40+,42-,44-,45-,46-,47?,48-;24-,25-,30+,33-,34-,35-,36+,37?/m00/s1. The topological polar surface area (TPSA) is 251 Å². The summed E-state index contributed by atoms with van der Waals surface area (Å²) in [6.07, 6.45) is 1.71. The highest BCUT2D eigenvalue weighted by Crippen LogP contribution is 2.62. The van der Waals surface area contributed by atoms with Gasteiger partial charge >= 0.3 is 0 Å². The first-order valence-corrected chi connectivity index (χ1v) is 41.6. The minimum absolute atomic E-state index is 0.0120. The van der Waals surface area contributed by atoms with Crippen molar-refractivity contribution in [1.82, 2.24) is 41.2 Å². The van der Waals surface area contributed by atoms with E-state index in [9.17, 15) is 39.3 Å². The van der Waals surface area contributed by atoms with Crippen LogP contribution in [-0.4, -0.2) is 202 Å². The van der Waals surface area contributed by atoms with Crippen LogP contribution in [0.3, 0.4) is 0 Å². The van der Waals surface area contributed by atoms with Gasteiger partial charge < -0.3 is 60.8 Å². The van der Waals surface area contributed by atoms with Crippen molar-refractivity contribution in [2.24, 2.45) is 58.2 Å². The first-order chi connectivity index (χ1) is 55.5. The number of carbonyl (C=O) groups excluding carboxylic acids is 5. The van der Waals surface area contributed by atoms with Crippen LogP contribution < -0.4 is 40.5 Å². The van der Waals surface area contributed by atoms with Crippen LogP contribution in [0.15, 0.2) is 164 Å². The molecule has 620 valence electrons. The van der Waals surface area contributed by atoms with Gasteiger partial charge in [0.25, 0.3) is 17.7 Å². The van der Waals surface area contributed by atoms with E-state index >= 15 is 0 Å². The van der Waals surface area contributed by atoms with E-state index in [2.05, 4.69) is 127 Å². The minimum atomic E-state index is -0.921. The molecule has 5 amide bonds. The summed E-state index contributed by atoms with van der Waals surface area (Å²) in [4.78, 5) is 91.1. The summed E-state index contributed by atoms with van der Waals surface area (Å²) in [5.41, 5.74) is 11.1. The van der Waals surface area contributed by atoms with E-state index in [0.29, 0.717) is 70.2 Å². The molecular weight excluding hydrogens is 1460 g/mol. The summed E-state index contributed by atoms with van der Waals surface area (Å²) >= 11 is 0. The summed E-state index contributed by atoms with van der Waals surface area (Å²) in [5.74, 6) is 1.86. The number of hydrogen-bond acceptors (Lipinski definition) is 17. The molecule has 7 N–H and O–H groups in total. The monoisotopic (exact) mass is 1580 g/mol. The fourth-order valence-electron chi connectivity index (χ4n) is 20.4. The van der Waals surface area contributed by atoms with Gasteiger partial charge in [0.2, 0.25) is 11.8 Å². The zero-order valence-corrected chi connectivity index (χ0v) is 70.3. The summed E-state index contributed by atoms with van der Waals surface area (Å²) in [5, 5.41) is 48.6. The maximum atomic E-state index is 14.9. The molecule has 7 aromatic carbocycles. The van der Waals surface area contributed by atoms with Crippen molar-refractivity contribution in [2.75, 3.05) is 92.0 Å². The average molecular weight is 1580 g/mol. The molecule has 0 radical (unpaired) electrons. The van der Waals surface area contributed by atoms with Gasteiger partial charge in [0.05, 0.1) is 46.1 Å². The number of nitrogens with one attached hydrogen (secondary N) is 4. The Bertz CT molecular complexity index is 4600. The Morgan fingerprint density at radius 3 is 1.47 bits per heavy atom. The third kappa shape index (κ3) is 17.7. The average Bonchev–Trinajstić information content (AvgIpc) is 0.819. The molecule has 116 heavy (non-hydrogen) atoms. The highest BCUT2D eigenvalue weighted by atomic mass is 16.7. The first-order valence-electron chi connectivity index (χ1n) is 41.6. The van der Waals surface area contributed by atoms with Crippen molar-refractivity contribution in [2.45, 2.75) is 162 Å². The van der Waals surface area contributed by atoms with Gasteiger partial charge in [-0.25, -0.2) is 0 Å². The fourth-order valence-corrected chi connectivity index (χ4v) is 20.4. The van der Waals surface area contributed by atoms with Crippen molar-refractivity contribution in [3.8, 4) is 33.8 Å².